The molecule has 1 saturated heterocycles. The van der Waals surface area contributed by atoms with Crippen LogP contribution in [0.2, 0.25) is 5.02 Å². The van der Waals surface area contributed by atoms with E-state index in [2.05, 4.69) is 25.5 Å². The Morgan fingerprint density at radius 2 is 1.86 bits per heavy atom. The summed E-state index contributed by atoms with van der Waals surface area (Å²) in [6, 6.07) is 7.80. The number of aliphatic carboxylic acids is 2. The first kappa shape index (κ1) is 22.1. The molecule has 154 valence electrons. The van der Waals surface area contributed by atoms with E-state index in [1.807, 2.05) is 30.5 Å². The smallest absolute Gasteiger partial charge is 0.328 e. The van der Waals surface area contributed by atoms with Crippen LogP contribution in [0.15, 0.2) is 48.8 Å². The number of carboxylic acid groups (broad SMARTS) is 2. The van der Waals surface area contributed by atoms with Crippen molar-refractivity contribution < 1.29 is 19.8 Å². The molecule has 0 amide bonds. The minimum absolute atomic E-state index is 0.558. The van der Waals surface area contributed by atoms with E-state index in [0.29, 0.717) is 18.7 Å². The number of piperazine rings is 1. The van der Waals surface area contributed by atoms with E-state index >= 15 is 0 Å². The topological polar surface area (TPSA) is 128 Å². The first-order valence-electron chi connectivity index (χ1n) is 8.84. The van der Waals surface area contributed by atoms with Crippen LogP contribution in [0.3, 0.4) is 0 Å². The average molecular weight is 420 g/mol. The summed E-state index contributed by atoms with van der Waals surface area (Å²) >= 11 is 5.99. The number of nitrogens with zero attached hydrogens (tertiary/aromatic N) is 3. The van der Waals surface area contributed by atoms with Crippen LogP contribution in [0.4, 0.5) is 11.6 Å². The van der Waals surface area contributed by atoms with Gasteiger partial charge in [0, 0.05) is 49.9 Å². The molecule has 0 unspecified atom stereocenters. The van der Waals surface area contributed by atoms with Gasteiger partial charge in [0.25, 0.3) is 0 Å². The number of hydrogen-bond acceptors (Lipinski definition) is 7. The van der Waals surface area contributed by atoms with Crippen molar-refractivity contribution in [3.05, 3.63) is 59.4 Å². The third kappa shape index (κ3) is 8.58. The maximum absolute atomic E-state index is 9.55. The SMILES string of the molecule is Clc1cccc(CNc2cncc(N3CCNCC3)n2)c1.O=C(O)/C=C/C(=O)O. The quantitative estimate of drug-likeness (QED) is 0.518. The largest absolute Gasteiger partial charge is 0.478 e. The molecule has 1 aliphatic heterocycles. The van der Waals surface area contributed by atoms with Gasteiger partial charge in [-0.1, -0.05) is 23.7 Å². The predicted molar refractivity (Wildman–Crippen MR) is 110 cm³/mol. The van der Waals surface area contributed by atoms with E-state index in [-0.39, 0.29) is 0 Å². The lowest BCUT2D eigenvalue weighted by Crippen LogP contribution is -2.44. The first-order chi connectivity index (χ1) is 13.9. The van der Waals surface area contributed by atoms with Crippen molar-refractivity contribution in [2.75, 3.05) is 36.4 Å². The Bertz CT molecular complexity index is 840. The van der Waals surface area contributed by atoms with Crippen LogP contribution in [-0.4, -0.2) is 58.3 Å². The van der Waals surface area contributed by atoms with Crippen molar-refractivity contribution in [2.24, 2.45) is 0 Å². The normalized spacial score (nSPS) is 13.5. The number of nitrogens with one attached hydrogen (secondary N) is 2. The molecule has 1 aliphatic rings. The van der Waals surface area contributed by atoms with Gasteiger partial charge in [0.1, 0.15) is 11.6 Å². The third-order valence-electron chi connectivity index (χ3n) is 3.79. The molecule has 0 atom stereocenters. The summed E-state index contributed by atoms with van der Waals surface area (Å²) in [5, 5.41) is 23.0. The monoisotopic (exact) mass is 419 g/mol. The summed E-state index contributed by atoms with van der Waals surface area (Å²) in [6.07, 6.45) is 4.68. The first-order valence-corrected chi connectivity index (χ1v) is 9.22. The van der Waals surface area contributed by atoms with Gasteiger partial charge in [0.15, 0.2) is 0 Å². The average Bonchev–Trinajstić information content (AvgIpc) is 2.72. The van der Waals surface area contributed by atoms with Crippen LogP contribution < -0.4 is 15.5 Å². The summed E-state index contributed by atoms with van der Waals surface area (Å²) in [4.78, 5) is 30.3. The lowest BCUT2D eigenvalue weighted by Gasteiger charge is -2.28. The van der Waals surface area contributed by atoms with Gasteiger partial charge in [0.05, 0.1) is 12.4 Å². The van der Waals surface area contributed by atoms with Crippen LogP contribution in [-0.2, 0) is 16.1 Å². The lowest BCUT2D eigenvalue weighted by molar-refractivity contribution is -0.134. The number of carbonyl (C=O) groups is 2. The van der Waals surface area contributed by atoms with Gasteiger partial charge in [-0.25, -0.2) is 14.6 Å². The highest BCUT2D eigenvalue weighted by atomic mass is 35.5. The van der Waals surface area contributed by atoms with Gasteiger partial charge in [-0.15, -0.1) is 0 Å². The molecule has 9 nitrogen and oxygen atoms in total. The van der Waals surface area contributed by atoms with Crippen LogP contribution in [0.25, 0.3) is 0 Å². The second-order valence-corrected chi connectivity index (χ2v) is 6.43. The van der Waals surface area contributed by atoms with Crippen LogP contribution >= 0.6 is 11.6 Å². The molecule has 1 fully saturated rings. The summed E-state index contributed by atoms with van der Waals surface area (Å²) in [6.45, 7) is 4.59. The number of hydrogen-bond donors (Lipinski definition) is 4. The zero-order chi connectivity index (χ0) is 21.1. The Balaban J connectivity index is 0.000000321. The molecule has 1 aromatic carbocycles. The van der Waals surface area contributed by atoms with Gasteiger partial charge in [-0.3, -0.25) is 4.98 Å². The van der Waals surface area contributed by atoms with Crippen molar-refractivity contribution in [1.29, 1.82) is 0 Å². The van der Waals surface area contributed by atoms with E-state index in [4.69, 9.17) is 21.8 Å². The van der Waals surface area contributed by atoms with Crippen molar-refractivity contribution >= 4 is 35.2 Å². The molecule has 4 N–H and O–H groups in total. The minimum atomic E-state index is -1.26. The number of benzene rings is 1. The molecule has 0 spiro atoms. The molecule has 0 saturated carbocycles. The number of carboxylic acids is 2. The van der Waals surface area contributed by atoms with Gasteiger partial charge in [-0.2, -0.15) is 0 Å². The molecule has 2 heterocycles. The maximum atomic E-state index is 9.55. The lowest BCUT2D eigenvalue weighted by atomic mass is 10.2. The molecule has 1 aromatic heterocycles. The second kappa shape index (κ2) is 11.6. The van der Waals surface area contributed by atoms with E-state index in [1.165, 1.54) is 0 Å². The van der Waals surface area contributed by atoms with Gasteiger partial charge >= 0.3 is 11.9 Å². The molecule has 0 radical (unpaired) electrons. The van der Waals surface area contributed by atoms with Crippen LogP contribution in [0.1, 0.15) is 5.56 Å². The number of halogens is 1. The van der Waals surface area contributed by atoms with E-state index in [1.54, 1.807) is 6.20 Å². The number of aromatic nitrogens is 2. The standard InChI is InChI=1S/C15H18ClN5.C4H4O4/c16-13-3-1-2-12(8-13)9-19-14-10-18-11-15(20-14)21-6-4-17-5-7-21;5-3(6)1-2-4(7)8/h1-3,8,10-11,17H,4-7,9H2,(H,19,20);1-2H,(H,5,6)(H,7,8)/b;2-1+. The Kier molecular flexibility index (Phi) is 8.87. The Hall–Kier alpha value is -3.17. The summed E-state index contributed by atoms with van der Waals surface area (Å²) in [5.41, 5.74) is 1.12. The zero-order valence-corrected chi connectivity index (χ0v) is 16.3. The molecular weight excluding hydrogens is 398 g/mol. The molecule has 10 heteroatoms. The van der Waals surface area contributed by atoms with Crippen LogP contribution in [0.5, 0.6) is 0 Å². The Labute approximate surface area is 173 Å². The number of anilines is 2. The van der Waals surface area contributed by atoms with E-state index < -0.39 is 11.9 Å². The van der Waals surface area contributed by atoms with Crippen molar-refractivity contribution in [1.82, 2.24) is 15.3 Å². The summed E-state index contributed by atoms with van der Waals surface area (Å²) in [5.74, 6) is -0.807. The van der Waals surface area contributed by atoms with Gasteiger partial charge in [-0.05, 0) is 17.7 Å². The minimum Gasteiger partial charge on any atom is -0.478 e. The second-order valence-electron chi connectivity index (χ2n) is 5.99. The van der Waals surface area contributed by atoms with E-state index in [9.17, 15) is 9.59 Å². The fraction of sp³-hybridized carbons (Fsp3) is 0.263. The van der Waals surface area contributed by atoms with Crippen molar-refractivity contribution in [2.45, 2.75) is 6.54 Å². The molecular formula is C19H22ClN5O4. The van der Waals surface area contributed by atoms with Crippen molar-refractivity contribution in [3.63, 3.8) is 0 Å². The van der Waals surface area contributed by atoms with Crippen molar-refractivity contribution in [3.8, 4) is 0 Å². The Morgan fingerprint density at radius 3 is 2.48 bits per heavy atom. The van der Waals surface area contributed by atoms with Crippen LogP contribution in [0, 0.1) is 0 Å². The van der Waals surface area contributed by atoms with E-state index in [0.717, 1.165) is 48.4 Å². The summed E-state index contributed by atoms with van der Waals surface area (Å²) < 4.78 is 0. The highest BCUT2D eigenvalue weighted by Gasteiger charge is 2.12. The van der Waals surface area contributed by atoms with Gasteiger partial charge in [0.2, 0.25) is 0 Å². The molecule has 0 aliphatic carbocycles. The van der Waals surface area contributed by atoms with Gasteiger partial charge < -0.3 is 25.7 Å². The molecule has 3 rings (SSSR count). The fourth-order valence-electron chi connectivity index (χ4n) is 2.47. The Morgan fingerprint density at radius 1 is 1.17 bits per heavy atom. The molecule has 29 heavy (non-hydrogen) atoms. The molecule has 0 bridgehead atoms. The number of rotatable bonds is 6. The third-order valence-corrected chi connectivity index (χ3v) is 4.03. The highest BCUT2D eigenvalue weighted by Crippen LogP contribution is 2.15. The predicted octanol–water partition coefficient (Wildman–Crippen LogP) is 1.86. The summed E-state index contributed by atoms with van der Waals surface area (Å²) in [7, 11) is 0. The highest BCUT2D eigenvalue weighted by molar-refractivity contribution is 6.30. The zero-order valence-electron chi connectivity index (χ0n) is 15.6. The molecule has 2 aromatic rings. The maximum Gasteiger partial charge on any atom is 0.328 e. The fourth-order valence-corrected chi connectivity index (χ4v) is 2.68.